The van der Waals surface area contributed by atoms with Crippen molar-refractivity contribution in [2.45, 2.75) is 14.7 Å². The Morgan fingerprint density at radius 2 is 1.35 bits per heavy atom. The van der Waals surface area contributed by atoms with Crippen LogP contribution in [0.25, 0.3) is 10.8 Å². The van der Waals surface area contributed by atoms with E-state index >= 15 is 0 Å². The number of morpholine rings is 2. The minimum Gasteiger partial charge on any atom is -0.379 e. The van der Waals surface area contributed by atoms with Gasteiger partial charge in [-0.15, -0.1) is 0 Å². The maximum absolute atomic E-state index is 13.5. The van der Waals surface area contributed by atoms with E-state index in [-0.39, 0.29) is 67.5 Å². The summed E-state index contributed by atoms with van der Waals surface area (Å²) in [5.41, 5.74) is 0.329. The second-order valence-corrected chi connectivity index (χ2v) is 12.1. The summed E-state index contributed by atoms with van der Waals surface area (Å²) in [6.07, 6.45) is 0. The Balaban J connectivity index is 1.77. The van der Waals surface area contributed by atoms with Gasteiger partial charge in [-0.2, -0.15) is 8.61 Å². The minimum atomic E-state index is -4.03. The third-order valence-corrected chi connectivity index (χ3v) is 10.7. The van der Waals surface area contributed by atoms with Crippen LogP contribution >= 0.6 is 11.8 Å². The van der Waals surface area contributed by atoms with Gasteiger partial charge in [0.05, 0.1) is 36.2 Å². The lowest BCUT2D eigenvalue weighted by molar-refractivity contribution is 0.0728. The van der Waals surface area contributed by atoms with E-state index in [4.69, 9.17) is 9.47 Å². The van der Waals surface area contributed by atoms with Gasteiger partial charge in [-0.05, 0) is 23.9 Å². The van der Waals surface area contributed by atoms with Gasteiger partial charge in [-0.25, -0.2) is 16.8 Å². The highest BCUT2D eigenvalue weighted by atomic mass is 32.2. The smallest absolute Gasteiger partial charge is 0.244 e. The summed E-state index contributed by atoms with van der Waals surface area (Å²) in [7, 11) is -8.03. The van der Waals surface area contributed by atoms with E-state index in [9.17, 15) is 21.6 Å². The van der Waals surface area contributed by atoms with Gasteiger partial charge in [0.15, 0.2) is 0 Å². The molecule has 3 heterocycles. The van der Waals surface area contributed by atoms with E-state index in [1.165, 1.54) is 14.7 Å². The van der Waals surface area contributed by atoms with Crippen molar-refractivity contribution >= 4 is 47.7 Å². The Bertz CT molecular complexity index is 1280. The maximum Gasteiger partial charge on any atom is 0.244 e. The lowest BCUT2D eigenvalue weighted by Gasteiger charge is -2.28. The monoisotopic (exact) mass is 484 g/mol. The number of carbonyl (C=O) groups is 1. The zero-order valence-electron chi connectivity index (χ0n) is 16.4. The lowest BCUT2D eigenvalue weighted by atomic mass is 10.1. The average molecular weight is 485 g/mol. The van der Waals surface area contributed by atoms with Crippen LogP contribution in [-0.4, -0.2) is 83.2 Å². The number of nitrogens with zero attached hydrogens (tertiary/aromatic N) is 2. The maximum atomic E-state index is 13.5. The number of benzene rings is 2. The molecule has 0 unspecified atom stereocenters. The summed E-state index contributed by atoms with van der Waals surface area (Å²) in [5.74, 6) is 0. The molecule has 3 aliphatic heterocycles. The first-order chi connectivity index (χ1) is 14.8. The van der Waals surface area contributed by atoms with Crippen LogP contribution in [0.4, 0.5) is 0 Å². The molecule has 0 radical (unpaired) electrons. The molecule has 2 aromatic rings. The minimum absolute atomic E-state index is 0.0999. The fraction of sp³-hybridized carbons (Fsp3) is 0.421. The second kappa shape index (κ2) is 7.80. The highest BCUT2D eigenvalue weighted by molar-refractivity contribution is 8.15. The topological polar surface area (TPSA) is 110 Å². The van der Waals surface area contributed by atoms with Crippen LogP contribution in [0.3, 0.4) is 0 Å². The fourth-order valence-corrected chi connectivity index (χ4v) is 8.66. The van der Waals surface area contributed by atoms with Gasteiger partial charge in [0, 0.05) is 47.4 Å². The first-order valence-electron chi connectivity index (χ1n) is 9.79. The first kappa shape index (κ1) is 21.3. The predicted octanol–water partition coefficient (Wildman–Crippen LogP) is 1.13. The van der Waals surface area contributed by atoms with Gasteiger partial charge in [-0.1, -0.05) is 12.1 Å². The number of ether oxygens (including phenoxy) is 2. The molecule has 3 aliphatic rings. The first-order valence-corrected chi connectivity index (χ1v) is 13.5. The average Bonchev–Trinajstić information content (AvgIpc) is 3.12. The van der Waals surface area contributed by atoms with Gasteiger partial charge in [0.25, 0.3) is 0 Å². The molecule has 0 saturated carbocycles. The van der Waals surface area contributed by atoms with E-state index in [2.05, 4.69) is 0 Å². The largest absolute Gasteiger partial charge is 0.379 e. The van der Waals surface area contributed by atoms with Crippen LogP contribution in [0.1, 0.15) is 10.4 Å². The van der Waals surface area contributed by atoms with Gasteiger partial charge in [0.1, 0.15) is 0 Å². The van der Waals surface area contributed by atoms with Gasteiger partial charge >= 0.3 is 0 Å². The van der Waals surface area contributed by atoms with E-state index < -0.39 is 20.0 Å². The number of sulfonamides is 2. The summed E-state index contributed by atoms with van der Waals surface area (Å²) < 4.78 is 67.2. The quantitative estimate of drug-likeness (QED) is 0.635. The lowest BCUT2D eigenvalue weighted by Crippen LogP contribution is -2.41. The molecule has 0 aliphatic carbocycles. The SMILES string of the molecule is O=C1Sc2c(S(=O)(=O)N3CCOCC3)cc(S(=O)(=O)N3CCOCC3)c3cccc1c23. The molecule has 0 aromatic heterocycles. The van der Waals surface area contributed by atoms with Crippen molar-refractivity contribution < 1.29 is 31.1 Å². The summed E-state index contributed by atoms with van der Waals surface area (Å²) in [6, 6.07) is 6.08. The van der Waals surface area contributed by atoms with E-state index in [0.717, 1.165) is 11.8 Å². The summed E-state index contributed by atoms with van der Waals surface area (Å²) in [6.45, 7) is 1.78. The summed E-state index contributed by atoms with van der Waals surface area (Å²) >= 11 is 0.838. The standard InChI is InChI=1S/C19H20N2O7S3/c22-19-14-3-1-2-13-15(30(23,24)20-4-8-27-9-5-20)12-16(18(29-19)17(13)14)31(25,26)21-6-10-28-11-7-21/h1-3,12H,4-11H2. The van der Waals surface area contributed by atoms with Crippen LogP contribution in [0.2, 0.25) is 0 Å². The second-order valence-electron chi connectivity index (χ2n) is 7.35. The van der Waals surface area contributed by atoms with Crippen molar-refractivity contribution in [3.8, 4) is 0 Å². The molecule has 12 heteroatoms. The van der Waals surface area contributed by atoms with Crippen molar-refractivity contribution in [3.63, 3.8) is 0 Å². The van der Waals surface area contributed by atoms with E-state index in [0.29, 0.717) is 21.2 Å². The zero-order valence-corrected chi connectivity index (χ0v) is 18.9. The molecule has 2 saturated heterocycles. The number of carbonyl (C=O) groups excluding carboxylic acids is 1. The molecule has 0 N–H and O–H groups in total. The van der Waals surface area contributed by atoms with Gasteiger partial charge in [-0.3, -0.25) is 4.79 Å². The van der Waals surface area contributed by atoms with Crippen molar-refractivity contribution in [3.05, 3.63) is 29.8 Å². The zero-order chi connectivity index (χ0) is 21.8. The molecule has 0 spiro atoms. The van der Waals surface area contributed by atoms with Crippen LogP contribution in [-0.2, 0) is 29.5 Å². The molecule has 0 amide bonds. The third kappa shape index (κ3) is 3.41. The normalized spacial score (nSPS) is 21.1. The fourth-order valence-electron chi connectivity index (χ4n) is 4.06. The molecule has 5 rings (SSSR count). The Hall–Kier alpha value is -1.54. The number of hydrogen-bond donors (Lipinski definition) is 0. The van der Waals surface area contributed by atoms with Crippen LogP contribution in [0.5, 0.6) is 0 Å². The molecule has 31 heavy (non-hydrogen) atoms. The molecule has 0 atom stereocenters. The number of hydrogen-bond acceptors (Lipinski definition) is 8. The van der Waals surface area contributed by atoms with Crippen molar-refractivity contribution in [1.29, 1.82) is 0 Å². The Kier molecular flexibility index (Phi) is 5.36. The highest BCUT2D eigenvalue weighted by Crippen LogP contribution is 2.47. The number of thioether (sulfide) groups is 1. The molecular weight excluding hydrogens is 464 g/mol. The molecule has 2 fully saturated rings. The van der Waals surface area contributed by atoms with Gasteiger partial charge in [0.2, 0.25) is 25.2 Å². The third-order valence-electron chi connectivity index (χ3n) is 5.63. The van der Waals surface area contributed by atoms with Crippen molar-refractivity contribution in [1.82, 2.24) is 8.61 Å². The highest BCUT2D eigenvalue weighted by Gasteiger charge is 2.38. The van der Waals surface area contributed by atoms with Crippen LogP contribution in [0.15, 0.2) is 39.0 Å². The van der Waals surface area contributed by atoms with Crippen LogP contribution in [0, 0.1) is 0 Å². The molecular formula is C19H20N2O7S3. The molecule has 2 aromatic carbocycles. The van der Waals surface area contributed by atoms with Crippen molar-refractivity contribution in [2.24, 2.45) is 0 Å². The molecule has 9 nitrogen and oxygen atoms in total. The molecule has 166 valence electrons. The van der Waals surface area contributed by atoms with E-state index in [1.54, 1.807) is 18.2 Å². The van der Waals surface area contributed by atoms with Crippen LogP contribution < -0.4 is 0 Å². The summed E-state index contributed by atoms with van der Waals surface area (Å²) in [4.78, 5) is 12.7. The van der Waals surface area contributed by atoms with Gasteiger partial charge < -0.3 is 9.47 Å². The predicted molar refractivity (Wildman–Crippen MR) is 113 cm³/mol. The Morgan fingerprint density at radius 1 is 0.806 bits per heavy atom. The summed E-state index contributed by atoms with van der Waals surface area (Å²) in [5, 5.41) is 0.455. The van der Waals surface area contributed by atoms with Crippen molar-refractivity contribution in [2.75, 3.05) is 52.6 Å². The Labute approximate surface area is 184 Å². The Morgan fingerprint density at radius 3 is 1.94 bits per heavy atom. The van der Waals surface area contributed by atoms with E-state index in [1.807, 2.05) is 0 Å². The molecule has 0 bridgehead atoms. The number of rotatable bonds is 4.